The van der Waals surface area contributed by atoms with E-state index in [9.17, 15) is 9.18 Å². The summed E-state index contributed by atoms with van der Waals surface area (Å²) in [5.41, 5.74) is 6.95. The summed E-state index contributed by atoms with van der Waals surface area (Å²) in [5, 5.41) is 14.2. The summed E-state index contributed by atoms with van der Waals surface area (Å²) in [6.45, 7) is 0.215. The number of hydrogen-bond acceptors (Lipinski definition) is 5. The summed E-state index contributed by atoms with van der Waals surface area (Å²) in [6.07, 6.45) is -1.09. The number of benzene rings is 2. The summed E-state index contributed by atoms with van der Waals surface area (Å²) in [4.78, 5) is 12.4. The molecule has 0 aliphatic carbocycles. The molecule has 1 amide bonds. The van der Waals surface area contributed by atoms with Crippen LogP contribution in [0.15, 0.2) is 47.6 Å². The van der Waals surface area contributed by atoms with Crippen LogP contribution >= 0.6 is 0 Å². The fourth-order valence-corrected chi connectivity index (χ4v) is 2.36. The Hall–Kier alpha value is -3.13. The third-order valence-electron chi connectivity index (χ3n) is 3.79. The van der Waals surface area contributed by atoms with Crippen molar-refractivity contribution < 1.29 is 23.9 Å². The topological polar surface area (TPSA) is 106 Å². The van der Waals surface area contributed by atoms with Crippen molar-refractivity contribution in [2.24, 2.45) is 10.9 Å². The molecule has 138 valence electrons. The van der Waals surface area contributed by atoms with E-state index in [2.05, 4.69) is 10.5 Å². The number of hydrogen-bond donors (Lipinski definition) is 3. The minimum Gasteiger partial charge on any atom is -0.497 e. The fourth-order valence-electron chi connectivity index (χ4n) is 2.36. The van der Waals surface area contributed by atoms with Gasteiger partial charge in [0.05, 0.1) is 7.11 Å². The highest BCUT2D eigenvalue weighted by molar-refractivity contribution is 5.97. The van der Waals surface area contributed by atoms with Crippen molar-refractivity contribution in [2.75, 3.05) is 14.2 Å². The summed E-state index contributed by atoms with van der Waals surface area (Å²) in [6, 6.07) is 11.0. The van der Waals surface area contributed by atoms with Gasteiger partial charge in [-0.2, -0.15) is 0 Å². The Morgan fingerprint density at radius 1 is 1.27 bits per heavy atom. The smallest absolute Gasteiger partial charge is 0.254 e. The minimum atomic E-state index is -1.09. The molecule has 0 spiro atoms. The molecular weight excluding hydrogens is 341 g/mol. The highest BCUT2D eigenvalue weighted by Gasteiger charge is 2.23. The van der Waals surface area contributed by atoms with Gasteiger partial charge in [0.15, 0.2) is 11.9 Å². The van der Waals surface area contributed by atoms with E-state index >= 15 is 0 Å². The van der Waals surface area contributed by atoms with E-state index in [1.54, 1.807) is 30.3 Å². The maximum absolute atomic E-state index is 14.2. The van der Waals surface area contributed by atoms with Crippen LogP contribution in [0.4, 0.5) is 4.39 Å². The normalized spacial score (nSPS) is 12.5. The van der Waals surface area contributed by atoms with Gasteiger partial charge < -0.3 is 25.7 Å². The zero-order valence-corrected chi connectivity index (χ0v) is 14.4. The standard InChI is InChI=1S/C18H20FN3O4/c1-25-13-7-8-14(15(19)9-13)16(26-2)18(23)21-10-11-3-5-12(6-4-11)17(20)22-24/h3-9,16,24H,10H2,1-2H3,(H2,20,22)(H,21,23). The minimum absolute atomic E-state index is 0.00462. The molecule has 7 nitrogen and oxygen atoms in total. The van der Waals surface area contributed by atoms with Gasteiger partial charge in [0.2, 0.25) is 0 Å². The van der Waals surface area contributed by atoms with E-state index in [4.69, 9.17) is 20.4 Å². The molecule has 1 unspecified atom stereocenters. The molecule has 2 rings (SSSR count). The number of amidine groups is 1. The molecule has 0 aliphatic rings. The van der Waals surface area contributed by atoms with Crippen LogP contribution in [0, 0.1) is 5.82 Å². The van der Waals surface area contributed by atoms with Crippen LogP contribution in [-0.4, -0.2) is 31.2 Å². The number of oxime groups is 1. The lowest BCUT2D eigenvalue weighted by atomic mass is 10.1. The molecule has 0 saturated heterocycles. The second kappa shape index (κ2) is 8.82. The second-order valence-electron chi connectivity index (χ2n) is 5.40. The fraction of sp³-hybridized carbons (Fsp3) is 0.222. The SMILES string of the molecule is COc1ccc(C(OC)C(=O)NCc2ccc(/C(N)=N\O)cc2)c(F)c1. The van der Waals surface area contributed by atoms with Crippen molar-refractivity contribution in [1.82, 2.24) is 5.32 Å². The molecule has 0 heterocycles. The van der Waals surface area contributed by atoms with Crippen LogP contribution in [0.1, 0.15) is 22.8 Å². The summed E-state index contributed by atoms with van der Waals surface area (Å²) in [7, 11) is 2.76. The summed E-state index contributed by atoms with van der Waals surface area (Å²) < 4.78 is 24.3. The van der Waals surface area contributed by atoms with Gasteiger partial charge in [0.25, 0.3) is 5.91 Å². The maximum Gasteiger partial charge on any atom is 0.254 e. The number of nitrogens with two attached hydrogens (primary N) is 1. The first-order valence-electron chi connectivity index (χ1n) is 7.71. The predicted molar refractivity (Wildman–Crippen MR) is 93.5 cm³/mol. The van der Waals surface area contributed by atoms with E-state index in [0.29, 0.717) is 11.3 Å². The molecule has 2 aromatic carbocycles. The second-order valence-corrected chi connectivity index (χ2v) is 5.40. The monoisotopic (exact) mass is 361 g/mol. The third-order valence-corrected chi connectivity index (χ3v) is 3.79. The van der Waals surface area contributed by atoms with Crippen molar-refractivity contribution in [1.29, 1.82) is 0 Å². The molecule has 0 aromatic heterocycles. The molecule has 26 heavy (non-hydrogen) atoms. The van der Waals surface area contributed by atoms with Crippen LogP contribution in [-0.2, 0) is 16.1 Å². The Labute approximate surface area is 150 Å². The number of halogens is 1. The molecule has 4 N–H and O–H groups in total. The highest BCUT2D eigenvalue weighted by Crippen LogP contribution is 2.24. The average molecular weight is 361 g/mol. The van der Waals surface area contributed by atoms with Crippen LogP contribution in [0.2, 0.25) is 0 Å². The number of carbonyl (C=O) groups excluding carboxylic acids is 1. The number of methoxy groups -OCH3 is 2. The molecule has 0 aliphatic heterocycles. The number of ether oxygens (including phenoxy) is 2. The largest absolute Gasteiger partial charge is 0.497 e. The van der Waals surface area contributed by atoms with Crippen LogP contribution in [0.5, 0.6) is 5.75 Å². The van der Waals surface area contributed by atoms with Crippen molar-refractivity contribution in [3.05, 3.63) is 65.0 Å². The lowest BCUT2D eigenvalue weighted by Crippen LogP contribution is -2.30. The quantitative estimate of drug-likeness (QED) is 0.302. The highest BCUT2D eigenvalue weighted by atomic mass is 19.1. The van der Waals surface area contributed by atoms with Crippen molar-refractivity contribution in [3.8, 4) is 5.75 Å². The molecule has 2 aromatic rings. The van der Waals surface area contributed by atoms with Gasteiger partial charge in [-0.05, 0) is 17.7 Å². The van der Waals surface area contributed by atoms with Crippen molar-refractivity contribution in [2.45, 2.75) is 12.6 Å². The Balaban J connectivity index is 2.05. The maximum atomic E-state index is 14.2. The zero-order valence-electron chi connectivity index (χ0n) is 14.4. The van der Waals surface area contributed by atoms with Gasteiger partial charge in [0, 0.05) is 30.8 Å². The molecular formula is C18H20FN3O4. The predicted octanol–water partition coefficient (Wildman–Crippen LogP) is 1.93. The van der Waals surface area contributed by atoms with Crippen molar-refractivity contribution >= 4 is 11.7 Å². The molecule has 0 saturated carbocycles. The summed E-state index contributed by atoms with van der Waals surface area (Å²) >= 11 is 0. The molecule has 0 bridgehead atoms. The van der Waals surface area contributed by atoms with Gasteiger partial charge in [-0.3, -0.25) is 4.79 Å². The van der Waals surface area contributed by atoms with Gasteiger partial charge >= 0.3 is 0 Å². The lowest BCUT2D eigenvalue weighted by molar-refractivity contribution is -0.131. The number of amides is 1. The van der Waals surface area contributed by atoms with E-state index in [-0.39, 0.29) is 17.9 Å². The van der Waals surface area contributed by atoms with Gasteiger partial charge in [-0.15, -0.1) is 0 Å². The first-order chi connectivity index (χ1) is 12.5. The molecule has 8 heteroatoms. The van der Waals surface area contributed by atoms with Crippen molar-refractivity contribution in [3.63, 3.8) is 0 Å². The van der Waals surface area contributed by atoms with E-state index < -0.39 is 17.8 Å². The Morgan fingerprint density at radius 3 is 2.50 bits per heavy atom. The van der Waals surface area contributed by atoms with Gasteiger partial charge in [-0.25, -0.2) is 4.39 Å². The number of carbonyl (C=O) groups is 1. The third kappa shape index (κ3) is 4.48. The van der Waals surface area contributed by atoms with Crippen LogP contribution in [0.25, 0.3) is 0 Å². The zero-order chi connectivity index (χ0) is 19.1. The summed E-state index contributed by atoms with van der Waals surface area (Å²) in [5.74, 6) is -0.714. The molecule has 1 atom stereocenters. The van der Waals surface area contributed by atoms with E-state index in [1.807, 2.05) is 0 Å². The first kappa shape index (κ1) is 19.2. The lowest BCUT2D eigenvalue weighted by Gasteiger charge is -2.17. The van der Waals surface area contributed by atoms with Gasteiger partial charge in [0.1, 0.15) is 11.6 Å². The Morgan fingerprint density at radius 2 is 1.96 bits per heavy atom. The molecule has 0 radical (unpaired) electrons. The Kier molecular flexibility index (Phi) is 6.51. The Bertz CT molecular complexity index is 794. The average Bonchev–Trinajstić information content (AvgIpc) is 2.67. The number of nitrogens with one attached hydrogen (secondary N) is 1. The van der Waals surface area contributed by atoms with Crippen LogP contribution < -0.4 is 15.8 Å². The van der Waals surface area contributed by atoms with E-state index in [0.717, 1.165) is 5.56 Å². The first-order valence-corrected chi connectivity index (χ1v) is 7.71. The number of nitrogens with zero attached hydrogens (tertiary/aromatic N) is 1. The van der Waals surface area contributed by atoms with Gasteiger partial charge in [-0.1, -0.05) is 29.4 Å². The number of rotatable bonds is 7. The van der Waals surface area contributed by atoms with E-state index in [1.165, 1.54) is 26.4 Å². The molecule has 0 fully saturated rings. The van der Waals surface area contributed by atoms with Crippen LogP contribution in [0.3, 0.4) is 0 Å².